The predicted molar refractivity (Wildman–Crippen MR) is 104 cm³/mol. The molecule has 3 N–H and O–H groups in total. The second-order valence-corrected chi connectivity index (χ2v) is 6.02. The fourth-order valence-corrected chi connectivity index (χ4v) is 3.01. The Balaban J connectivity index is 0.00000243. The van der Waals surface area contributed by atoms with Crippen LogP contribution >= 0.6 is 12.4 Å². The molecule has 0 saturated heterocycles. The van der Waals surface area contributed by atoms with Crippen LogP contribution in [0.25, 0.3) is 0 Å². The first-order valence-corrected chi connectivity index (χ1v) is 8.41. The number of amides is 1. The molecule has 5 nitrogen and oxygen atoms in total. The first-order valence-electron chi connectivity index (χ1n) is 8.41. The molecule has 2 aromatic rings. The summed E-state index contributed by atoms with van der Waals surface area (Å²) in [7, 11) is 0. The number of benzene rings is 2. The lowest BCUT2D eigenvalue weighted by Crippen LogP contribution is -2.41. The van der Waals surface area contributed by atoms with E-state index in [4.69, 9.17) is 10.5 Å². The number of nitrogens with zero attached hydrogens (tertiary/aromatic N) is 1. The molecule has 7 heteroatoms. The Morgan fingerprint density at radius 1 is 1.23 bits per heavy atom. The summed E-state index contributed by atoms with van der Waals surface area (Å²) in [5, 5.41) is 2.85. The van der Waals surface area contributed by atoms with Crippen LogP contribution in [-0.4, -0.2) is 32.1 Å². The fraction of sp³-hybridized carbons (Fsp3) is 0.316. The van der Waals surface area contributed by atoms with E-state index in [9.17, 15) is 9.18 Å². The summed E-state index contributed by atoms with van der Waals surface area (Å²) in [5.41, 5.74) is 8.99. The highest BCUT2D eigenvalue weighted by atomic mass is 35.5. The Morgan fingerprint density at radius 2 is 2.00 bits per heavy atom. The molecule has 1 amide bonds. The lowest BCUT2D eigenvalue weighted by Gasteiger charge is -2.31. The van der Waals surface area contributed by atoms with Crippen LogP contribution in [0.5, 0.6) is 5.75 Å². The van der Waals surface area contributed by atoms with E-state index in [-0.39, 0.29) is 24.1 Å². The van der Waals surface area contributed by atoms with Gasteiger partial charge in [0.2, 0.25) is 5.91 Å². The number of nitrogen functional groups attached to an aromatic ring is 1. The highest BCUT2D eigenvalue weighted by molar-refractivity contribution is 5.85. The summed E-state index contributed by atoms with van der Waals surface area (Å²) in [6, 6.07) is 11.6. The molecule has 0 spiro atoms. The smallest absolute Gasteiger partial charge is 0.239 e. The fourth-order valence-electron chi connectivity index (χ4n) is 3.01. The van der Waals surface area contributed by atoms with Gasteiger partial charge in [-0.05, 0) is 54.8 Å². The van der Waals surface area contributed by atoms with E-state index in [1.165, 1.54) is 12.1 Å². The Hall–Kier alpha value is -2.47. The van der Waals surface area contributed by atoms with Gasteiger partial charge in [-0.3, -0.25) is 4.79 Å². The zero-order valence-corrected chi connectivity index (χ0v) is 15.2. The minimum Gasteiger partial charge on any atom is -0.492 e. The van der Waals surface area contributed by atoms with Crippen molar-refractivity contribution in [2.45, 2.75) is 12.8 Å². The van der Waals surface area contributed by atoms with Crippen molar-refractivity contribution in [3.63, 3.8) is 0 Å². The molecule has 1 heterocycles. The van der Waals surface area contributed by atoms with Crippen molar-refractivity contribution in [3.8, 4) is 5.75 Å². The number of carbonyl (C=O) groups excluding carboxylic acids is 1. The van der Waals surface area contributed by atoms with Gasteiger partial charge in [0.15, 0.2) is 0 Å². The van der Waals surface area contributed by atoms with Gasteiger partial charge in [0.1, 0.15) is 18.2 Å². The first-order chi connectivity index (χ1) is 12.1. The minimum atomic E-state index is -0.303. The van der Waals surface area contributed by atoms with E-state index < -0.39 is 0 Å². The average molecular weight is 380 g/mol. The van der Waals surface area contributed by atoms with E-state index in [0.717, 1.165) is 36.3 Å². The second-order valence-electron chi connectivity index (χ2n) is 6.02. The molecule has 0 saturated carbocycles. The van der Waals surface area contributed by atoms with Crippen LogP contribution in [0.1, 0.15) is 12.0 Å². The molecule has 26 heavy (non-hydrogen) atoms. The van der Waals surface area contributed by atoms with Crippen LogP contribution in [0.2, 0.25) is 0 Å². The van der Waals surface area contributed by atoms with Gasteiger partial charge >= 0.3 is 0 Å². The number of nitrogens with two attached hydrogens (primary N) is 1. The summed E-state index contributed by atoms with van der Waals surface area (Å²) in [4.78, 5) is 14.2. The van der Waals surface area contributed by atoms with E-state index >= 15 is 0 Å². The van der Waals surface area contributed by atoms with Gasteiger partial charge in [0.25, 0.3) is 0 Å². The molecule has 0 fully saturated rings. The number of rotatable bonds is 6. The van der Waals surface area contributed by atoms with E-state index in [1.807, 2.05) is 18.2 Å². The van der Waals surface area contributed by atoms with Crippen LogP contribution in [0, 0.1) is 5.82 Å². The quantitative estimate of drug-likeness (QED) is 0.598. The van der Waals surface area contributed by atoms with Crippen LogP contribution in [-0.2, 0) is 11.2 Å². The molecule has 140 valence electrons. The van der Waals surface area contributed by atoms with E-state index in [1.54, 1.807) is 12.1 Å². The highest BCUT2D eigenvalue weighted by Gasteiger charge is 2.20. The number of halogens is 2. The number of carbonyl (C=O) groups is 1. The Kier molecular flexibility index (Phi) is 7.09. The largest absolute Gasteiger partial charge is 0.492 e. The maximum Gasteiger partial charge on any atom is 0.239 e. The van der Waals surface area contributed by atoms with E-state index in [0.29, 0.717) is 25.4 Å². The standard InChI is InChI=1S/C19H22FN3O2.ClH/c20-14-6-8-15(9-7-14)25-12-10-22-19(24)13-23-11-2-3-16-17(21)4-1-5-18(16)23;/h1,4-9H,2-3,10-13,21H2,(H,22,24);1H. The third-order valence-electron chi connectivity index (χ3n) is 4.22. The summed E-state index contributed by atoms with van der Waals surface area (Å²) in [6.07, 6.45) is 1.94. The summed E-state index contributed by atoms with van der Waals surface area (Å²) < 4.78 is 18.3. The third kappa shape index (κ3) is 5.02. The van der Waals surface area contributed by atoms with Crippen LogP contribution < -0.4 is 20.7 Å². The summed E-state index contributed by atoms with van der Waals surface area (Å²) >= 11 is 0. The lowest BCUT2D eigenvalue weighted by atomic mass is 10.00. The van der Waals surface area contributed by atoms with Crippen molar-refractivity contribution in [1.29, 1.82) is 0 Å². The highest BCUT2D eigenvalue weighted by Crippen LogP contribution is 2.30. The van der Waals surface area contributed by atoms with Crippen molar-refractivity contribution in [1.82, 2.24) is 5.32 Å². The van der Waals surface area contributed by atoms with Gasteiger partial charge in [0.05, 0.1) is 13.1 Å². The van der Waals surface area contributed by atoms with Crippen LogP contribution in [0.3, 0.4) is 0 Å². The molecule has 0 unspecified atom stereocenters. The zero-order valence-electron chi connectivity index (χ0n) is 14.4. The second kappa shape index (κ2) is 9.29. The minimum absolute atomic E-state index is 0. The summed E-state index contributed by atoms with van der Waals surface area (Å²) in [5.74, 6) is 0.220. The van der Waals surface area contributed by atoms with Crippen molar-refractivity contribution >= 4 is 29.7 Å². The molecule has 1 aliphatic rings. The zero-order chi connectivity index (χ0) is 17.6. The number of anilines is 2. The van der Waals surface area contributed by atoms with Crippen molar-refractivity contribution in [2.75, 3.05) is 36.9 Å². The van der Waals surface area contributed by atoms with Gasteiger partial charge in [0, 0.05) is 17.9 Å². The lowest BCUT2D eigenvalue weighted by molar-refractivity contribution is -0.119. The molecule has 1 aliphatic heterocycles. The molecule has 0 radical (unpaired) electrons. The predicted octanol–water partition coefficient (Wildman–Crippen LogP) is 2.78. The van der Waals surface area contributed by atoms with Crippen molar-refractivity contribution in [3.05, 3.63) is 53.8 Å². The number of fused-ring (bicyclic) bond motifs is 1. The average Bonchev–Trinajstić information content (AvgIpc) is 2.61. The normalized spacial score (nSPS) is 12.7. The maximum atomic E-state index is 12.8. The molecular weight excluding hydrogens is 357 g/mol. The van der Waals surface area contributed by atoms with Crippen molar-refractivity contribution in [2.24, 2.45) is 0 Å². The van der Waals surface area contributed by atoms with Crippen LogP contribution in [0.15, 0.2) is 42.5 Å². The third-order valence-corrected chi connectivity index (χ3v) is 4.22. The molecule has 0 aromatic heterocycles. The van der Waals surface area contributed by atoms with E-state index in [2.05, 4.69) is 10.2 Å². The van der Waals surface area contributed by atoms with Gasteiger partial charge in [-0.15, -0.1) is 12.4 Å². The van der Waals surface area contributed by atoms with Gasteiger partial charge in [-0.25, -0.2) is 4.39 Å². The summed E-state index contributed by atoms with van der Waals surface area (Å²) in [6.45, 7) is 1.87. The Morgan fingerprint density at radius 3 is 2.77 bits per heavy atom. The van der Waals surface area contributed by atoms with Gasteiger partial charge in [-0.1, -0.05) is 6.07 Å². The topological polar surface area (TPSA) is 67.6 Å². The number of hydrogen-bond donors (Lipinski definition) is 2. The van der Waals surface area contributed by atoms with Gasteiger partial charge in [-0.2, -0.15) is 0 Å². The monoisotopic (exact) mass is 379 g/mol. The number of nitrogens with one attached hydrogen (secondary N) is 1. The molecule has 2 aromatic carbocycles. The molecule has 0 bridgehead atoms. The first kappa shape index (κ1) is 19.8. The molecule has 0 atom stereocenters. The molecular formula is C19H23ClFN3O2. The number of hydrogen-bond acceptors (Lipinski definition) is 4. The number of ether oxygens (including phenoxy) is 1. The van der Waals surface area contributed by atoms with Crippen LogP contribution in [0.4, 0.5) is 15.8 Å². The van der Waals surface area contributed by atoms with Gasteiger partial charge < -0.3 is 20.7 Å². The Labute approximate surface area is 158 Å². The molecule has 3 rings (SSSR count). The maximum absolute atomic E-state index is 12.8. The SMILES string of the molecule is Cl.Nc1cccc2c1CCCN2CC(=O)NCCOc1ccc(F)cc1. The Bertz CT molecular complexity index is 740. The molecule has 0 aliphatic carbocycles. The van der Waals surface area contributed by atoms with Crippen molar-refractivity contribution < 1.29 is 13.9 Å².